The summed E-state index contributed by atoms with van der Waals surface area (Å²) in [6.07, 6.45) is 0.538. The highest BCUT2D eigenvalue weighted by atomic mass is 35.5. The Balaban J connectivity index is 2.21. The summed E-state index contributed by atoms with van der Waals surface area (Å²) in [4.78, 5) is 0. The fourth-order valence-electron chi connectivity index (χ4n) is 1.99. The van der Waals surface area contributed by atoms with E-state index >= 15 is 0 Å². The van der Waals surface area contributed by atoms with Crippen LogP contribution in [-0.2, 0) is 13.5 Å². The van der Waals surface area contributed by atoms with Crippen LogP contribution in [0.3, 0.4) is 0 Å². The van der Waals surface area contributed by atoms with E-state index in [0.717, 1.165) is 11.4 Å². The molecule has 1 aromatic heterocycles. The highest BCUT2D eigenvalue weighted by molar-refractivity contribution is 6.30. The molecule has 0 fully saturated rings. The Labute approximate surface area is 110 Å². The van der Waals surface area contributed by atoms with Crippen LogP contribution in [-0.4, -0.2) is 9.78 Å². The minimum absolute atomic E-state index is 0.367. The Hall–Kier alpha value is -1.39. The molecule has 1 atom stereocenters. The predicted molar refractivity (Wildman–Crippen MR) is 70.0 cm³/mol. The second-order valence-corrected chi connectivity index (χ2v) is 4.81. The van der Waals surface area contributed by atoms with Gasteiger partial charge in [-0.1, -0.05) is 17.7 Å². The lowest BCUT2D eigenvalue weighted by Crippen LogP contribution is -2.16. The van der Waals surface area contributed by atoms with Crippen molar-refractivity contribution < 1.29 is 4.39 Å². The summed E-state index contributed by atoms with van der Waals surface area (Å²) >= 11 is 5.72. The zero-order chi connectivity index (χ0) is 13.3. The number of hydrogen-bond acceptors (Lipinski definition) is 2. The SMILES string of the molecule is Cc1cc(CC(N)c2ccc(Cl)cc2F)n(C)n1. The van der Waals surface area contributed by atoms with Gasteiger partial charge in [-0.15, -0.1) is 0 Å². The summed E-state index contributed by atoms with van der Waals surface area (Å²) in [6, 6.07) is 6.11. The third kappa shape index (κ3) is 2.71. The van der Waals surface area contributed by atoms with Crippen LogP contribution in [0, 0.1) is 12.7 Å². The average Bonchev–Trinajstić information content (AvgIpc) is 2.57. The van der Waals surface area contributed by atoms with Crippen LogP contribution < -0.4 is 5.73 Å². The third-order valence-corrected chi connectivity index (χ3v) is 3.13. The summed E-state index contributed by atoms with van der Waals surface area (Å²) in [7, 11) is 1.85. The van der Waals surface area contributed by atoms with Crippen molar-refractivity contribution in [2.45, 2.75) is 19.4 Å². The van der Waals surface area contributed by atoms with E-state index in [4.69, 9.17) is 17.3 Å². The van der Waals surface area contributed by atoms with E-state index in [9.17, 15) is 4.39 Å². The van der Waals surface area contributed by atoms with Gasteiger partial charge in [0.2, 0.25) is 0 Å². The average molecular weight is 268 g/mol. The summed E-state index contributed by atoms with van der Waals surface area (Å²) in [5, 5.41) is 4.62. The first-order valence-corrected chi connectivity index (χ1v) is 6.05. The van der Waals surface area contributed by atoms with Crippen molar-refractivity contribution in [3.8, 4) is 0 Å². The molecule has 0 saturated heterocycles. The molecule has 5 heteroatoms. The van der Waals surface area contributed by atoms with Crippen molar-refractivity contribution in [1.29, 1.82) is 0 Å². The van der Waals surface area contributed by atoms with Gasteiger partial charge in [0.1, 0.15) is 5.82 Å². The quantitative estimate of drug-likeness (QED) is 0.929. The second-order valence-electron chi connectivity index (χ2n) is 4.38. The number of rotatable bonds is 3. The Bertz CT molecular complexity index is 565. The topological polar surface area (TPSA) is 43.8 Å². The number of hydrogen-bond donors (Lipinski definition) is 1. The van der Waals surface area contributed by atoms with E-state index in [1.165, 1.54) is 6.07 Å². The highest BCUT2D eigenvalue weighted by Crippen LogP contribution is 2.22. The summed E-state index contributed by atoms with van der Waals surface area (Å²) < 4.78 is 15.5. The van der Waals surface area contributed by atoms with Gasteiger partial charge in [0, 0.05) is 35.8 Å². The number of halogens is 2. The van der Waals surface area contributed by atoms with Crippen molar-refractivity contribution in [1.82, 2.24) is 9.78 Å². The van der Waals surface area contributed by atoms with E-state index in [1.807, 2.05) is 20.0 Å². The van der Waals surface area contributed by atoms with Crippen molar-refractivity contribution in [3.05, 3.63) is 52.1 Å². The van der Waals surface area contributed by atoms with Crippen LogP contribution in [0.4, 0.5) is 4.39 Å². The fraction of sp³-hybridized carbons (Fsp3) is 0.308. The first-order valence-electron chi connectivity index (χ1n) is 5.67. The molecule has 3 nitrogen and oxygen atoms in total. The highest BCUT2D eigenvalue weighted by Gasteiger charge is 2.14. The molecule has 1 aromatic carbocycles. The molecule has 0 saturated carbocycles. The molecule has 0 spiro atoms. The van der Waals surface area contributed by atoms with Gasteiger partial charge in [0.05, 0.1) is 5.69 Å². The van der Waals surface area contributed by atoms with E-state index in [0.29, 0.717) is 17.0 Å². The molecule has 0 aliphatic rings. The van der Waals surface area contributed by atoms with Crippen molar-refractivity contribution in [3.63, 3.8) is 0 Å². The lowest BCUT2D eigenvalue weighted by atomic mass is 10.0. The van der Waals surface area contributed by atoms with Crippen LogP contribution in [0.1, 0.15) is 23.0 Å². The Morgan fingerprint density at radius 2 is 2.17 bits per heavy atom. The summed E-state index contributed by atoms with van der Waals surface area (Å²) in [6.45, 7) is 1.91. The number of nitrogens with zero attached hydrogens (tertiary/aromatic N) is 2. The summed E-state index contributed by atoms with van der Waals surface area (Å²) in [5.41, 5.74) is 8.41. The van der Waals surface area contributed by atoms with E-state index in [-0.39, 0.29) is 5.82 Å². The molecule has 1 heterocycles. The van der Waals surface area contributed by atoms with Gasteiger partial charge in [-0.2, -0.15) is 5.10 Å². The minimum Gasteiger partial charge on any atom is -0.324 e. The maximum Gasteiger partial charge on any atom is 0.129 e. The number of aromatic nitrogens is 2. The van der Waals surface area contributed by atoms with Gasteiger partial charge in [-0.25, -0.2) is 4.39 Å². The second kappa shape index (κ2) is 5.08. The molecule has 18 heavy (non-hydrogen) atoms. The van der Waals surface area contributed by atoms with Crippen LogP contribution in [0.2, 0.25) is 5.02 Å². The van der Waals surface area contributed by atoms with Crippen molar-refractivity contribution in [2.75, 3.05) is 0 Å². The molecule has 0 aliphatic carbocycles. The molecule has 0 aliphatic heterocycles. The van der Waals surface area contributed by atoms with Gasteiger partial charge in [0.25, 0.3) is 0 Å². The van der Waals surface area contributed by atoms with E-state index in [2.05, 4.69) is 5.10 Å². The van der Waals surface area contributed by atoms with Gasteiger partial charge in [0.15, 0.2) is 0 Å². The minimum atomic E-state index is -0.405. The molecule has 2 N–H and O–H groups in total. The van der Waals surface area contributed by atoms with Crippen LogP contribution in [0.25, 0.3) is 0 Å². The predicted octanol–water partition coefficient (Wildman–Crippen LogP) is 2.76. The zero-order valence-electron chi connectivity index (χ0n) is 10.3. The van der Waals surface area contributed by atoms with Crippen LogP contribution in [0.5, 0.6) is 0 Å². The van der Waals surface area contributed by atoms with Gasteiger partial charge >= 0.3 is 0 Å². The molecular formula is C13H15ClFN3. The fourth-order valence-corrected chi connectivity index (χ4v) is 2.15. The molecule has 2 aromatic rings. The largest absolute Gasteiger partial charge is 0.324 e. The lowest BCUT2D eigenvalue weighted by Gasteiger charge is -2.13. The van der Waals surface area contributed by atoms with Crippen LogP contribution >= 0.6 is 11.6 Å². The standard InChI is InChI=1S/C13H15ClFN3/c1-8-5-10(18(2)17-8)7-13(16)11-4-3-9(14)6-12(11)15/h3-6,13H,7,16H2,1-2H3. The Morgan fingerprint density at radius 3 is 2.72 bits per heavy atom. The van der Waals surface area contributed by atoms with Gasteiger partial charge in [-0.05, 0) is 25.1 Å². The van der Waals surface area contributed by atoms with Crippen molar-refractivity contribution >= 4 is 11.6 Å². The monoisotopic (exact) mass is 267 g/mol. The summed E-state index contributed by atoms with van der Waals surface area (Å²) in [5.74, 6) is -0.367. The molecule has 0 amide bonds. The van der Waals surface area contributed by atoms with E-state index < -0.39 is 6.04 Å². The third-order valence-electron chi connectivity index (χ3n) is 2.89. The Morgan fingerprint density at radius 1 is 1.44 bits per heavy atom. The zero-order valence-corrected chi connectivity index (χ0v) is 11.1. The molecule has 0 bridgehead atoms. The molecule has 1 unspecified atom stereocenters. The van der Waals surface area contributed by atoms with Crippen molar-refractivity contribution in [2.24, 2.45) is 12.8 Å². The molecular weight excluding hydrogens is 253 g/mol. The lowest BCUT2D eigenvalue weighted by molar-refractivity contribution is 0.569. The Kier molecular flexibility index (Phi) is 3.68. The maximum atomic E-state index is 13.7. The molecule has 0 radical (unpaired) electrons. The molecule has 2 rings (SSSR count). The number of benzene rings is 1. The normalized spacial score (nSPS) is 12.7. The number of nitrogens with two attached hydrogens (primary N) is 1. The van der Waals surface area contributed by atoms with Crippen LogP contribution in [0.15, 0.2) is 24.3 Å². The van der Waals surface area contributed by atoms with Gasteiger partial charge < -0.3 is 5.73 Å². The maximum absolute atomic E-state index is 13.7. The number of aryl methyl sites for hydroxylation is 2. The first kappa shape index (κ1) is 13.1. The van der Waals surface area contributed by atoms with Gasteiger partial charge in [-0.3, -0.25) is 4.68 Å². The smallest absolute Gasteiger partial charge is 0.129 e. The molecule has 96 valence electrons. The first-order chi connectivity index (χ1) is 8.47. The van der Waals surface area contributed by atoms with E-state index in [1.54, 1.807) is 16.8 Å².